The second-order valence-corrected chi connectivity index (χ2v) is 6.41. The molecule has 4 rings (SSSR count). The minimum Gasteiger partial charge on any atom is -0.461 e. The molecule has 0 saturated heterocycles. The Morgan fingerprint density at radius 3 is 2.82 bits per heavy atom. The molecule has 3 aromatic rings. The van der Waals surface area contributed by atoms with E-state index in [9.17, 15) is 9.59 Å². The number of carbonyl (C=O) groups is 2. The molecule has 28 heavy (non-hydrogen) atoms. The van der Waals surface area contributed by atoms with Gasteiger partial charge in [0, 0.05) is 19.2 Å². The lowest BCUT2D eigenvalue weighted by Gasteiger charge is -2.32. The highest BCUT2D eigenvalue weighted by atomic mass is 16.5. The Morgan fingerprint density at radius 2 is 2.04 bits per heavy atom. The minimum atomic E-state index is -0.427. The van der Waals surface area contributed by atoms with Gasteiger partial charge < -0.3 is 18.6 Å². The fourth-order valence-corrected chi connectivity index (χ4v) is 3.20. The molecule has 0 radical (unpaired) electrons. The van der Waals surface area contributed by atoms with Gasteiger partial charge in [-0.05, 0) is 29.3 Å². The number of fused-ring (bicyclic) bond motifs is 1. The topological polar surface area (TPSA) is 85.8 Å². The summed E-state index contributed by atoms with van der Waals surface area (Å²) in [6.07, 6.45) is 5.15. The van der Waals surface area contributed by atoms with Crippen LogP contribution in [0.5, 0.6) is 0 Å². The van der Waals surface area contributed by atoms with E-state index >= 15 is 0 Å². The van der Waals surface area contributed by atoms with E-state index in [1.165, 1.54) is 13.2 Å². The summed E-state index contributed by atoms with van der Waals surface area (Å²) in [5.74, 6) is 0.449. The summed E-state index contributed by atoms with van der Waals surface area (Å²) in [6.45, 7) is 1.45. The average Bonchev–Trinajstić information content (AvgIpc) is 3.38. The van der Waals surface area contributed by atoms with Crippen LogP contribution in [-0.4, -0.2) is 21.9 Å². The number of ether oxygens (including phenoxy) is 1. The van der Waals surface area contributed by atoms with Crippen LogP contribution in [0, 0.1) is 0 Å². The van der Waals surface area contributed by atoms with Crippen molar-refractivity contribution in [2.24, 2.45) is 0 Å². The molecule has 1 atom stereocenters. The van der Waals surface area contributed by atoms with Crippen molar-refractivity contribution >= 4 is 18.0 Å². The quantitative estimate of drug-likeness (QED) is 0.625. The molecule has 7 heteroatoms. The summed E-state index contributed by atoms with van der Waals surface area (Å²) in [4.78, 5) is 26.0. The molecular formula is C21H18N2O5. The van der Waals surface area contributed by atoms with E-state index in [1.54, 1.807) is 29.3 Å². The zero-order valence-electron chi connectivity index (χ0n) is 15.2. The summed E-state index contributed by atoms with van der Waals surface area (Å²) >= 11 is 0. The number of amides is 1. The van der Waals surface area contributed by atoms with Crippen molar-refractivity contribution in [2.75, 3.05) is 0 Å². The third-order valence-electron chi connectivity index (χ3n) is 4.53. The number of rotatable bonds is 5. The summed E-state index contributed by atoms with van der Waals surface area (Å²) < 4.78 is 15.8. The van der Waals surface area contributed by atoms with Crippen molar-refractivity contribution in [3.8, 4) is 11.5 Å². The maximum absolute atomic E-state index is 12.4. The largest absolute Gasteiger partial charge is 0.461 e. The summed E-state index contributed by atoms with van der Waals surface area (Å²) in [5, 5.41) is 3.88. The van der Waals surface area contributed by atoms with Crippen molar-refractivity contribution in [3.63, 3.8) is 0 Å². The fraction of sp³-hybridized carbons (Fsp3) is 0.190. The lowest BCUT2D eigenvalue weighted by Crippen LogP contribution is -2.32. The number of benzene rings is 1. The summed E-state index contributed by atoms with van der Waals surface area (Å²) in [5.41, 5.74) is 2.38. The predicted molar refractivity (Wildman–Crippen MR) is 99.4 cm³/mol. The number of furan rings is 1. The van der Waals surface area contributed by atoms with Gasteiger partial charge in [0.1, 0.15) is 12.3 Å². The van der Waals surface area contributed by atoms with Crippen LogP contribution in [0.15, 0.2) is 63.9 Å². The van der Waals surface area contributed by atoms with Crippen LogP contribution in [0.2, 0.25) is 0 Å². The minimum absolute atomic E-state index is 0.0205. The number of nitrogens with zero attached hydrogens (tertiary/aromatic N) is 2. The molecule has 7 nitrogen and oxygen atoms in total. The monoisotopic (exact) mass is 378 g/mol. The Balaban J connectivity index is 1.42. The molecule has 1 amide bonds. The normalized spacial score (nSPS) is 15.3. The van der Waals surface area contributed by atoms with Gasteiger partial charge in [0.25, 0.3) is 0 Å². The van der Waals surface area contributed by atoms with Crippen LogP contribution >= 0.6 is 0 Å². The van der Waals surface area contributed by atoms with Gasteiger partial charge in [-0.25, -0.2) is 0 Å². The first-order valence-corrected chi connectivity index (χ1v) is 8.83. The van der Waals surface area contributed by atoms with E-state index in [1.807, 2.05) is 30.3 Å². The molecule has 0 bridgehead atoms. The first-order valence-electron chi connectivity index (χ1n) is 8.83. The highest BCUT2D eigenvalue weighted by molar-refractivity contribution is 5.80. The van der Waals surface area contributed by atoms with E-state index in [4.69, 9.17) is 13.7 Å². The van der Waals surface area contributed by atoms with Crippen molar-refractivity contribution in [3.05, 3.63) is 71.7 Å². The van der Waals surface area contributed by atoms with Crippen LogP contribution in [0.4, 0.5) is 0 Å². The van der Waals surface area contributed by atoms with Gasteiger partial charge >= 0.3 is 5.97 Å². The lowest BCUT2D eigenvalue weighted by molar-refractivity contribution is -0.147. The molecular weight excluding hydrogens is 360 g/mol. The van der Waals surface area contributed by atoms with Crippen LogP contribution in [0.25, 0.3) is 17.6 Å². The highest BCUT2D eigenvalue weighted by Gasteiger charge is 2.28. The molecule has 2 aromatic heterocycles. The summed E-state index contributed by atoms with van der Waals surface area (Å²) in [6, 6.07) is 12.4. The smallest absolute Gasteiger partial charge is 0.308 e. The number of hydrogen-bond acceptors (Lipinski definition) is 6. The zero-order chi connectivity index (χ0) is 19.5. The molecule has 0 saturated carbocycles. The second-order valence-electron chi connectivity index (χ2n) is 6.41. The van der Waals surface area contributed by atoms with Gasteiger partial charge in [-0.15, -0.1) is 0 Å². The summed E-state index contributed by atoms with van der Waals surface area (Å²) in [7, 11) is 0. The highest BCUT2D eigenvalue weighted by Crippen LogP contribution is 2.33. The van der Waals surface area contributed by atoms with Crippen LogP contribution < -0.4 is 0 Å². The molecule has 142 valence electrons. The van der Waals surface area contributed by atoms with Crippen LogP contribution in [0.3, 0.4) is 0 Å². The van der Waals surface area contributed by atoms with Crippen LogP contribution in [-0.2, 0) is 20.9 Å². The molecule has 1 aromatic carbocycles. The molecule has 1 aliphatic rings. The fourth-order valence-electron chi connectivity index (χ4n) is 3.20. The molecule has 0 N–H and O–H groups in total. The van der Waals surface area contributed by atoms with Crippen molar-refractivity contribution in [2.45, 2.75) is 26.0 Å². The van der Waals surface area contributed by atoms with Crippen molar-refractivity contribution in [1.29, 1.82) is 0 Å². The average molecular weight is 378 g/mol. The van der Waals surface area contributed by atoms with Gasteiger partial charge in [0.15, 0.2) is 5.76 Å². The Kier molecular flexibility index (Phi) is 4.80. The van der Waals surface area contributed by atoms with Crippen LogP contribution in [0.1, 0.15) is 36.2 Å². The van der Waals surface area contributed by atoms with Gasteiger partial charge in [-0.2, -0.15) is 0 Å². The first-order chi connectivity index (χ1) is 13.6. The molecule has 0 fully saturated rings. The molecule has 0 spiro atoms. The third kappa shape index (κ3) is 3.59. The zero-order valence-corrected chi connectivity index (χ0v) is 15.2. The van der Waals surface area contributed by atoms with Gasteiger partial charge in [-0.1, -0.05) is 29.4 Å². The molecule has 1 aliphatic heterocycles. The Bertz CT molecular complexity index is 1020. The lowest BCUT2D eigenvalue weighted by atomic mass is 9.94. The molecule has 1 unspecified atom stereocenters. The van der Waals surface area contributed by atoms with E-state index < -0.39 is 12.0 Å². The van der Waals surface area contributed by atoms with Gasteiger partial charge in [0.05, 0.1) is 18.7 Å². The maximum Gasteiger partial charge on any atom is 0.308 e. The maximum atomic E-state index is 12.4. The van der Waals surface area contributed by atoms with E-state index in [-0.39, 0.29) is 18.9 Å². The Hall–Kier alpha value is -3.61. The van der Waals surface area contributed by atoms with Gasteiger partial charge in [0.2, 0.25) is 11.7 Å². The SMILES string of the molecule is CC(=O)N1C=Cc2ccccc2C1CC(=O)OCc1cc(-c2ccco2)on1. The van der Waals surface area contributed by atoms with Crippen molar-refractivity contribution in [1.82, 2.24) is 10.1 Å². The number of aromatic nitrogens is 1. The Morgan fingerprint density at radius 1 is 1.18 bits per heavy atom. The van der Waals surface area contributed by atoms with E-state index in [0.29, 0.717) is 17.2 Å². The molecule has 3 heterocycles. The standard InChI is InChI=1S/C21H18N2O5/c1-14(24)23-9-8-15-5-2-3-6-17(15)18(23)12-21(25)27-13-16-11-20(28-22-16)19-7-4-10-26-19/h2-11,18H,12-13H2,1H3. The van der Waals surface area contributed by atoms with Gasteiger partial charge in [-0.3, -0.25) is 9.59 Å². The van der Waals surface area contributed by atoms with E-state index in [0.717, 1.165) is 11.1 Å². The molecule has 0 aliphatic carbocycles. The Labute approximate surface area is 161 Å². The second kappa shape index (κ2) is 7.56. The number of hydrogen-bond donors (Lipinski definition) is 0. The number of carbonyl (C=O) groups excluding carboxylic acids is 2. The first kappa shape index (κ1) is 17.8. The third-order valence-corrected chi connectivity index (χ3v) is 4.53. The number of esters is 1. The predicted octanol–water partition coefficient (Wildman–Crippen LogP) is 3.94. The van der Waals surface area contributed by atoms with Crippen molar-refractivity contribution < 1.29 is 23.3 Å². The van der Waals surface area contributed by atoms with E-state index in [2.05, 4.69) is 5.16 Å².